The van der Waals surface area contributed by atoms with Gasteiger partial charge in [0.2, 0.25) is 0 Å². The quantitative estimate of drug-likeness (QED) is 0.271. The second kappa shape index (κ2) is 12.5. The van der Waals surface area contributed by atoms with Crippen LogP contribution in [0.1, 0.15) is 60.4 Å². The molecule has 218 valence electrons. The first-order valence-corrected chi connectivity index (χ1v) is 15.1. The number of aliphatic hydroxyl groups excluding tert-OH is 1. The van der Waals surface area contributed by atoms with Crippen LogP contribution in [0.3, 0.4) is 0 Å². The molecule has 0 aliphatic carbocycles. The highest BCUT2D eigenvalue weighted by Gasteiger charge is 2.40. The Bertz CT molecular complexity index is 1600. The van der Waals surface area contributed by atoms with Crippen LogP contribution in [0.2, 0.25) is 0 Å². The molecule has 0 spiro atoms. The molecule has 2 atom stereocenters. The van der Waals surface area contributed by atoms with Gasteiger partial charge in [0.05, 0.1) is 23.6 Å². The van der Waals surface area contributed by atoms with E-state index in [1.165, 1.54) is 0 Å². The number of hydrogen-bond donors (Lipinski definition) is 2. The Morgan fingerprint density at radius 1 is 1.07 bits per heavy atom. The van der Waals surface area contributed by atoms with Crippen LogP contribution < -0.4 is 10.1 Å². The highest BCUT2D eigenvalue weighted by molar-refractivity contribution is 7.84. The molecular weight excluding hydrogens is 548 g/mol. The molecule has 0 bridgehead atoms. The van der Waals surface area contributed by atoms with E-state index in [1.807, 2.05) is 85.7 Å². The molecule has 8 nitrogen and oxygen atoms in total. The van der Waals surface area contributed by atoms with Crippen molar-refractivity contribution in [3.05, 3.63) is 102 Å². The van der Waals surface area contributed by atoms with Gasteiger partial charge in [-0.2, -0.15) is 0 Å². The Morgan fingerprint density at radius 2 is 1.81 bits per heavy atom. The standard InChI is InChI=1S/C33H36N4O4S/c1-33(2,3)42(40)37-21-25-19-27(32(39)35-20-22-12-15-34-16-13-22)36-31(30(25)28(37)14-17-38)24-9-7-8-23(18-24)26-10-5-6-11-29(26)41-4/h5-13,15-16,18-19,28,38H,14,17,20-21H2,1-4H3,(H,35,39)/t28-,42-/m1/s1. The summed E-state index contributed by atoms with van der Waals surface area (Å²) in [6.45, 7) is 6.47. The number of benzene rings is 2. The van der Waals surface area contributed by atoms with Crippen LogP contribution in [-0.4, -0.2) is 48.0 Å². The molecule has 4 aromatic rings. The molecule has 9 heteroatoms. The van der Waals surface area contributed by atoms with Gasteiger partial charge in [-0.25, -0.2) is 13.5 Å². The number of aliphatic hydroxyl groups is 1. The average molecular weight is 585 g/mol. The van der Waals surface area contributed by atoms with Gasteiger partial charge in [-0.3, -0.25) is 9.78 Å². The van der Waals surface area contributed by atoms with Crippen molar-refractivity contribution in [3.63, 3.8) is 0 Å². The Hall–Kier alpha value is -3.92. The number of amides is 1. The molecule has 1 aliphatic rings. The summed E-state index contributed by atoms with van der Waals surface area (Å²) in [5.41, 5.74) is 6.34. The third kappa shape index (κ3) is 6.13. The van der Waals surface area contributed by atoms with Crippen LogP contribution >= 0.6 is 0 Å². The first-order valence-electron chi connectivity index (χ1n) is 14.0. The smallest absolute Gasteiger partial charge is 0.270 e. The Kier molecular flexibility index (Phi) is 8.82. The zero-order valence-corrected chi connectivity index (χ0v) is 25.1. The minimum Gasteiger partial charge on any atom is -0.496 e. The van der Waals surface area contributed by atoms with Crippen LogP contribution in [0.4, 0.5) is 0 Å². The van der Waals surface area contributed by atoms with E-state index in [-0.39, 0.29) is 24.2 Å². The highest BCUT2D eigenvalue weighted by atomic mass is 32.2. The molecular formula is C33H36N4O4S. The van der Waals surface area contributed by atoms with Crippen molar-refractivity contribution in [2.45, 2.75) is 51.1 Å². The highest BCUT2D eigenvalue weighted by Crippen LogP contribution is 2.44. The third-order valence-corrected chi connectivity index (χ3v) is 9.14. The largest absolute Gasteiger partial charge is 0.496 e. The molecule has 42 heavy (non-hydrogen) atoms. The summed E-state index contributed by atoms with van der Waals surface area (Å²) < 4.78 is 20.7. The van der Waals surface area contributed by atoms with Gasteiger partial charge in [0.1, 0.15) is 22.4 Å². The molecule has 3 heterocycles. The number of methoxy groups -OCH3 is 1. The minimum absolute atomic E-state index is 0.0726. The van der Waals surface area contributed by atoms with Gasteiger partial charge >= 0.3 is 0 Å². The number of carbonyl (C=O) groups excluding carboxylic acids is 1. The van der Waals surface area contributed by atoms with Crippen molar-refractivity contribution in [1.29, 1.82) is 0 Å². The van der Waals surface area contributed by atoms with Gasteiger partial charge < -0.3 is 15.2 Å². The average Bonchev–Trinajstić information content (AvgIpc) is 3.37. The summed E-state index contributed by atoms with van der Waals surface area (Å²) in [6.07, 6.45) is 3.77. The Balaban J connectivity index is 1.62. The van der Waals surface area contributed by atoms with Crippen LogP contribution in [-0.2, 0) is 24.1 Å². The molecule has 2 aromatic carbocycles. The summed E-state index contributed by atoms with van der Waals surface area (Å²) in [5.74, 6) is 0.452. The van der Waals surface area contributed by atoms with Crippen molar-refractivity contribution in [1.82, 2.24) is 19.6 Å². The molecule has 0 unspecified atom stereocenters. The molecule has 1 amide bonds. The minimum atomic E-state index is -1.35. The van der Waals surface area contributed by atoms with E-state index in [1.54, 1.807) is 25.6 Å². The first kappa shape index (κ1) is 29.6. The van der Waals surface area contributed by atoms with Crippen LogP contribution in [0, 0.1) is 0 Å². The number of hydrogen-bond acceptors (Lipinski definition) is 6. The van der Waals surface area contributed by atoms with Gasteiger partial charge in [0, 0.05) is 48.8 Å². The fourth-order valence-electron chi connectivity index (χ4n) is 5.30. The number of ether oxygens (including phenoxy) is 1. The van der Waals surface area contributed by atoms with Gasteiger partial charge in [-0.05, 0) is 74.2 Å². The lowest BCUT2D eigenvalue weighted by molar-refractivity contribution is 0.0946. The number of para-hydroxylation sites is 1. The number of pyridine rings is 2. The normalized spacial score (nSPS) is 15.7. The Labute approximate surface area is 249 Å². The molecule has 5 rings (SSSR count). The van der Waals surface area contributed by atoms with Crippen molar-refractivity contribution in [2.24, 2.45) is 0 Å². The molecule has 2 N–H and O–H groups in total. The zero-order valence-electron chi connectivity index (χ0n) is 24.3. The number of fused-ring (bicyclic) bond motifs is 1. The number of nitrogens with one attached hydrogen (secondary N) is 1. The van der Waals surface area contributed by atoms with Crippen molar-refractivity contribution in [3.8, 4) is 28.1 Å². The zero-order chi connectivity index (χ0) is 29.9. The fourth-order valence-corrected chi connectivity index (χ4v) is 6.70. The number of rotatable bonds is 9. The fraction of sp³-hybridized carbons (Fsp3) is 0.303. The monoisotopic (exact) mass is 584 g/mol. The van der Waals surface area contributed by atoms with Gasteiger partial charge in [0.15, 0.2) is 0 Å². The number of nitrogens with zero attached hydrogens (tertiary/aromatic N) is 3. The molecule has 0 saturated carbocycles. The first-order chi connectivity index (χ1) is 20.2. The van der Waals surface area contributed by atoms with Crippen molar-refractivity contribution >= 4 is 16.9 Å². The summed E-state index contributed by atoms with van der Waals surface area (Å²) in [4.78, 5) is 22.4. The van der Waals surface area contributed by atoms with E-state index in [0.29, 0.717) is 25.2 Å². The van der Waals surface area contributed by atoms with E-state index in [9.17, 15) is 14.1 Å². The number of carbonyl (C=O) groups is 1. The lowest BCUT2D eigenvalue weighted by Crippen LogP contribution is -2.36. The van der Waals surface area contributed by atoms with E-state index in [4.69, 9.17) is 9.72 Å². The molecule has 2 aromatic heterocycles. The lowest BCUT2D eigenvalue weighted by Gasteiger charge is -2.30. The Morgan fingerprint density at radius 3 is 2.52 bits per heavy atom. The van der Waals surface area contributed by atoms with Crippen LogP contribution in [0.25, 0.3) is 22.4 Å². The molecule has 0 saturated heterocycles. The second-order valence-electron chi connectivity index (χ2n) is 11.2. The lowest BCUT2D eigenvalue weighted by atomic mass is 9.94. The van der Waals surface area contributed by atoms with Crippen LogP contribution in [0.5, 0.6) is 5.75 Å². The van der Waals surface area contributed by atoms with Crippen LogP contribution in [0.15, 0.2) is 79.1 Å². The maximum atomic E-state index is 13.7. The van der Waals surface area contributed by atoms with E-state index >= 15 is 0 Å². The van der Waals surface area contributed by atoms with Gasteiger partial charge in [-0.1, -0.05) is 36.4 Å². The molecule has 0 fully saturated rings. The second-order valence-corrected chi connectivity index (χ2v) is 13.4. The third-order valence-electron chi connectivity index (χ3n) is 7.28. The molecule has 1 aliphatic heterocycles. The maximum Gasteiger partial charge on any atom is 0.270 e. The summed E-state index contributed by atoms with van der Waals surface area (Å²) >= 11 is 0. The summed E-state index contributed by atoms with van der Waals surface area (Å²) in [7, 11) is 0.300. The summed E-state index contributed by atoms with van der Waals surface area (Å²) in [6, 6.07) is 21.0. The van der Waals surface area contributed by atoms with Crippen molar-refractivity contribution in [2.75, 3.05) is 13.7 Å². The van der Waals surface area contributed by atoms with E-state index in [0.717, 1.165) is 39.1 Å². The van der Waals surface area contributed by atoms with E-state index in [2.05, 4.69) is 10.3 Å². The predicted molar refractivity (Wildman–Crippen MR) is 165 cm³/mol. The van der Waals surface area contributed by atoms with E-state index < -0.39 is 15.7 Å². The molecule has 0 radical (unpaired) electrons. The topological polar surface area (TPSA) is 105 Å². The summed E-state index contributed by atoms with van der Waals surface area (Å²) in [5, 5.41) is 13.0. The van der Waals surface area contributed by atoms with Crippen molar-refractivity contribution < 1.29 is 18.8 Å². The SMILES string of the molecule is COc1ccccc1-c1cccc(-c2nc(C(=O)NCc3ccncc3)cc3c2[C@@H](CCO)N([S@](=O)C(C)(C)C)C3)c1. The van der Waals surface area contributed by atoms with Gasteiger partial charge in [0.25, 0.3) is 5.91 Å². The predicted octanol–water partition coefficient (Wildman–Crippen LogP) is 5.45. The maximum absolute atomic E-state index is 13.7. The van der Waals surface area contributed by atoms with Gasteiger partial charge in [-0.15, -0.1) is 0 Å². The number of aromatic nitrogens is 2.